The molecule has 59 heavy (non-hydrogen) atoms. The molecule has 5 aliphatic carbocycles. The van der Waals surface area contributed by atoms with E-state index in [0.717, 1.165) is 6.42 Å². The van der Waals surface area contributed by atoms with Gasteiger partial charge in [0.05, 0.1) is 0 Å². The number of hydrogen-bond donors (Lipinski definition) is 0. The van der Waals surface area contributed by atoms with Gasteiger partial charge in [0.1, 0.15) is 0 Å². The highest BCUT2D eigenvalue weighted by Crippen LogP contribution is 2.70. The van der Waals surface area contributed by atoms with Crippen molar-refractivity contribution >= 4 is 21.9 Å². The second-order valence-corrected chi connectivity index (χ2v) is 21.6. The minimum atomic E-state index is -0.223. The van der Waals surface area contributed by atoms with Crippen LogP contribution in [0.5, 0.6) is 0 Å². The molecular formula is C59H74. The second-order valence-electron chi connectivity index (χ2n) is 21.6. The fourth-order valence-corrected chi connectivity index (χ4v) is 14.5. The molecule has 0 saturated heterocycles. The maximum Gasteiger partial charge on any atom is 0.0474 e. The normalized spacial score (nSPS) is 22.7. The van der Waals surface area contributed by atoms with E-state index in [0.29, 0.717) is 29.6 Å². The van der Waals surface area contributed by atoms with E-state index in [4.69, 9.17) is 0 Å². The van der Waals surface area contributed by atoms with Crippen LogP contribution in [0.1, 0.15) is 183 Å². The Morgan fingerprint density at radius 3 is 1.95 bits per heavy atom. The number of hydrogen-bond acceptors (Lipinski definition) is 0. The van der Waals surface area contributed by atoms with Gasteiger partial charge in [0.25, 0.3) is 0 Å². The van der Waals surface area contributed by atoms with Crippen molar-refractivity contribution in [1.29, 1.82) is 0 Å². The molecule has 2 atom stereocenters. The summed E-state index contributed by atoms with van der Waals surface area (Å²) in [5.74, 6) is 2.92. The van der Waals surface area contributed by atoms with Crippen LogP contribution < -0.4 is 0 Å². The Balaban J connectivity index is 1.43. The van der Waals surface area contributed by atoms with Crippen LogP contribution in [0.25, 0.3) is 33.0 Å². The van der Waals surface area contributed by atoms with Gasteiger partial charge in [0, 0.05) is 22.2 Å². The first-order valence-corrected chi connectivity index (χ1v) is 24.2. The van der Waals surface area contributed by atoms with E-state index in [1.165, 1.54) is 108 Å². The standard InChI is InChI=1S/C59H74/c1-14-39(15-2)42-32-44(40(16-3)17-4)52(41-21-19-18-20-22-41)59(33-42)49-26-24-43-54(51(49)47-30-37(9)50-36(8)28-35(7)29-46(50)53(47)59)58(12,13)56-45-31-38(27-34(5)6)23-25-48(45)57(10,11)55(43)56/h23-26,28-34,39-41,52H,14-22,27H2,1-13H3. The molecule has 0 heterocycles. The molecule has 0 heteroatoms. The van der Waals surface area contributed by atoms with E-state index in [1.807, 2.05) is 0 Å². The number of allylic oxidation sites excluding steroid dienone is 6. The summed E-state index contributed by atoms with van der Waals surface area (Å²) in [7, 11) is 0. The van der Waals surface area contributed by atoms with Gasteiger partial charge >= 0.3 is 0 Å². The highest BCUT2D eigenvalue weighted by Gasteiger charge is 2.58. The van der Waals surface area contributed by atoms with Gasteiger partial charge in [-0.15, -0.1) is 0 Å². The topological polar surface area (TPSA) is 0 Å². The van der Waals surface area contributed by atoms with Crippen LogP contribution in [0.15, 0.2) is 71.8 Å². The van der Waals surface area contributed by atoms with Crippen LogP contribution in [0.4, 0.5) is 0 Å². The van der Waals surface area contributed by atoms with Gasteiger partial charge in [-0.25, -0.2) is 0 Å². The molecule has 0 radical (unpaired) electrons. The lowest BCUT2D eigenvalue weighted by Gasteiger charge is -2.50. The Morgan fingerprint density at radius 2 is 1.29 bits per heavy atom. The molecular weight excluding hydrogens is 709 g/mol. The van der Waals surface area contributed by atoms with Crippen molar-refractivity contribution < 1.29 is 0 Å². The van der Waals surface area contributed by atoms with E-state index in [-0.39, 0.29) is 16.2 Å². The van der Waals surface area contributed by atoms with Gasteiger partial charge in [-0.1, -0.05) is 160 Å². The van der Waals surface area contributed by atoms with Crippen molar-refractivity contribution in [2.24, 2.45) is 29.6 Å². The molecule has 2 unspecified atom stereocenters. The third-order valence-corrected chi connectivity index (χ3v) is 16.8. The third kappa shape index (κ3) is 5.72. The zero-order valence-electron chi connectivity index (χ0n) is 39.2. The van der Waals surface area contributed by atoms with Crippen LogP contribution in [-0.4, -0.2) is 0 Å². The predicted molar refractivity (Wildman–Crippen MR) is 257 cm³/mol. The molecule has 1 saturated carbocycles. The maximum atomic E-state index is 2.94. The van der Waals surface area contributed by atoms with Crippen LogP contribution in [0.2, 0.25) is 0 Å². The predicted octanol–water partition coefficient (Wildman–Crippen LogP) is 16.7. The number of aryl methyl sites for hydroxylation is 3. The summed E-state index contributed by atoms with van der Waals surface area (Å²) in [6, 6.07) is 20.6. The minimum absolute atomic E-state index is 0.0617. The molecule has 0 bridgehead atoms. The second kappa shape index (κ2) is 14.5. The number of fused-ring (bicyclic) bond motifs is 12. The van der Waals surface area contributed by atoms with Crippen molar-refractivity contribution in [2.45, 2.75) is 170 Å². The summed E-state index contributed by atoms with van der Waals surface area (Å²) in [5.41, 5.74) is 24.4. The molecule has 0 N–H and O–H groups in total. The summed E-state index contributed by atoms with van der Waals surface area (Å²) in [5, 5.41) is 3.01. The van der Waals surface area contributed by atoms with E-state index < -0.39 is 0 Å². The largest absolute Gasteiger partial charge is 0.0654 e. The average Bonchev–Trinajstić information content (AvgIpc) is 3.70. The number of benzene rings is 4. The fraction of sp³-hybridized carbons (Fsp3) is 0.525. The minimum Gasteiger partial charge on any atom is -0.0654 e. The molecule has 1 spiro atoms. The fourth-order valence-electron chi connectivity index (χ4n) is 14.5. The molecule has 4 aromatic rings. The van der Waals surface area contributed by atoms with Gasteiger partial charge in [-0.3, -0.25) is 0 Å². The Morgan fingerprint density at radius 1 is 0.644 bits per heavy atom. The van der Waals surface area contributed by atoms with Gasteiger partial charge in [0.15, 0.2) is 0 Å². The molecule has 0 aromatic heterocycles. The lowest BCUT2D eigenvalue weighted by Crippen LogP contribution is -2.43. The quantitative estimate of drug-likeness (QED) is 0.159. The Labute approximate surface area is 359 Å². The van der Waals surface area contributed by atoms with Gasteiger partial charge in [0.2, 0.25) is 0 Å². The molecule has 310 valence electrons. The van der Waals surface area contributed by atoms with Gasteiger partial charge < -0.3 is 0 Å². The Bertz CT molecular complexity index is 2450. The smallest absolute Gasteiger partial charge is 0.0474 e. The SMILES string of the molecule is CCC(CC)C1=CC2(c3ccc4c(c3-c3cc(C)c5c(C)cc(C)cc5c32)C(C)(C)C2=C4C(C)(C)c3ccc(CC(C)C)cc32)C(C2CCCCC2)C(C(CC)CC)=C1. The third-order valence-electron chi connectivity index (χ3n) is 16.8. The van der Waals surface area contributed by atoms with E-state index in [9.17, 15) is 0 Å². The van der Waals surface area contributed by atoms with Crippen molar-refractivity contribution in [3.8, 4) is 11.1 Å². The van der Waals surface area contributed by atoms with Crippen molar-refractivity contribution in [2.75, 3.05) is 0 Å². The first kappa shape index (κ1) is 40.7. The molecule has 0 amide bonds. The van der Waals surface area contributed by atoms with Crippen LogP contribution in [-0.2, 0) is 22.7 Å². The Hall–Kier alpha value is -3.64. The van der Waals surface area contributed by atoms with Gasteiger partial charge in [-0.05, 0) is 178 Å². The maximum absolute atomic E-state index is 2.94. The van der Waals surface area contributed by atoms with E-state index in [1.54, 1.807) is 50.1 Å². The zero-order valence-corrected chi connectivity index (χ0v) is 39.2. The average molecular weight is 783 g/mol. The Kier molecular flexibility index (Phi) is 10.0. The summed E-state index contributed by atoms with van der Waals surface area (Å²) < 4.78 is 0. The van der Waals surface area contributed by atoms with E-state index in [2.05, 4.69) is 151 Å². The summed E-state index contributed by atoms with van der Waals surface area (Å²) in [6.07, 6.45) is 18.5. The monoisotopic (exact) mass is 783 g/mol. The van der Waals surface area contributed by atoms with E-state index >= 15 is 0 Å². The van der Waals surface area contributed by atoms with Crippen LogP contribution in [0, 0.1) is 50.4 Å². The van der Waals surface area contributed by atoms with Crippen molar-refractivity contribution in [3.63, 3.8) is 0 Å². The molecule has 5 aliphatic rings. The van der Waals surface area contributed by atoms with Crippen LogP contribution >= 0.6 is 0 Å². The summed E-state index contributed by atoms with van der Waals surface area (Å²) >= 11 is 0. The number of rotatable bonds is 9. The highest BCUT2D eigenvalue weighted by atomic mass is 14.6. The first-order chi connectivity index (χ1) is 28.1. The van der Waals surface area contributed by atoms with Crippen molar-refractivity contribution in [3.05, 3.63) is 127 Å². The highest BCUT2D eigenvalue weighted by molar-refractivity contribution is 6.13. The summed E-state index contributed by atoms with van der Waals surface area (Å²) in [6.45, 7) is 31.9. The molecule has 9 rings (SSSR count). The molecule has 0 aliphatic heterocycles. The lowest BCUT2D eigenvalue weighted by atomic mass is 9.53. The molecule has 0 nitrogen and oxygen atoms in total. The molecule has 4 aromatic carbocycles. The van der Waals surface area contributed by atoms with Gasteiger partial charge in [-0.2, -0.15) is 0 Å². The van der Waals surface area contributed by atoms with Crippen molar-refractivity contribution in [1.82, 2.24) is 0 Å². The summed E-state index contributed by atoms with van der Waals surface area (Å²) in [4.78, 5) is 0. The first-order valence-electron chi connectivity index (χ1n) is 24.2. The van der Waals surface area contributed by atoms with Crippen LogP contribution in [0.3, 0.4) is 0 Å². The molecule has 1 fully saturated rings. The lowest BCUT2D eigenvalue weighted by molar-refractivity contribution is 0.210. The zero-order chi connectivity index (χ0) is 41.9.